The Hall–Kier alpha value is -2.53. The van der Waals surface area contributed by atoms with Crippen molar-refractivity contribution in [1.82, 2.24) is 19.5 Å². The summed E-state index contributed by atoms with van der Waals surface area (Å²) in [6.45, 7) is 17.5. The zero-order valence-corrected chi connectivity index (χ0v) is 27.6. The molecule has 2 N–H and O–H groups in total. The number of imidazole rings is 1. The maximum atomic E-state index is 12.8. The molecule has 2 fully saturated rings. The smallest absolute Gasteiger partial charge is 0.335 e. The number of nitrogens with one attached hydrogen (secondary N) is 1. The van der Waals surface area contributed by atoms with Crippen LogP contribution in [0.3, 0.4) is 0 Å². The van der Waals surface area contributed by atoms with Crippen LogP contribution in [0, 0.1) is 0 Å². The van der Waals surface area contributed by atoms with Crippen molar-refractivity contribution in [3.63, 3.8) is 0 Å². The molecule has 1 amide bonds. The van der Waals surface area contributed by atoms with E-state index in [1.807, 2.05) is 6.07 Å². The predicted octanol–water partition coefficient (Wildman–Crippen LogP) is 5.29. The summed E-state index contributed by atoms with van der Waals surface area (Å²) in [5.41, 5.74) is 1.95. The molecule has 5 rings (SSSR count). The Kier molecular flexibility index (Phi) is 8.74. The summed E-state index contributed by atoms with van der Waals surface area (Å²) in [6.07, 6.45) is -0.125. The molecule has 228 valence electrons. The van der Waals surface area contributed by atoms with Gasteiger partial charge in [0.05, 0.1) is 12.9 Å². The number of aliphatic hydroxyl groups is 1. The summed E-state index contributed by atoms with van der Waals surface area (Å²) in [4.78, 5) is 26.0. The summed E-state index contributed by atoms with van der Waals surface area (Å²) in [5, 5.41) is 14.6. The number of nitrogens with zero attached hydrogens (tertiary/aromatic N) is 4. The number of anilines is 1. The zero-order chi connectivity index (χ0) is 30.4. The Balaban J connectivity index is 1.49. The molecule has 2 aromatic heterocycles. The summed E-state index contributed by atoms with van der Waals surface area (Å²) in [6, 6.07) is 8.88. The highest BCUT2D eigenvalue weighted by Gasteiger charge is 2.61. The second kappa shape index (κ2) is 11.9. The predicted molar refractivity (Wildman–Crippen MR) is 163 cm³/mol. The average Bonchev–Trinajstić information content (AvgIpc) is 3.49. The average molecular weight is 615 g/mol. The van der Waals surface area contributed by atoms with Crippen LogP contribution in [-0.4, -0.2) is 72.6 Å². The van der Waals surface area contributed by atoms with Crippen molar-refractivity contribution < 1.29 is 27.6 Å². The van der Waals surface area contributed by atoms with Crippen molar-refractivity contribution in [3.05, 3.63) is 48.5 Å². The number of carbonyl (C=O) groups is 1. The number of fused-ring (bicyclic) bond motifs is 2. The summed E-state index contributed by atoms with van der Waals surface area (Å²) >= 11 is 0. The standard InChI is InChI=1S/C29H43N5O6Si2/c1-17(2)41(18(3)4)37-14-22-25(39-42(40-41,19(5)6)20(7)8)24(35)29(38-22)34-16-32-23-26(30-15-31-27(23)34)33-28(36)21-12-10-9-11-13-21/h9-13,15-20,22,24-25,29,35H,14H2,1-8H3,(H,30,31,33,36)/t22-,24-,25-,29-/m1/s1/i14+1. The Morgan fingerprint density at radius 3 is 2.21 bits per heavy atom. The first-order valence-electron chi connectivity index (χ1n) is 14.8. The van der Waals surface area contributed by atoms with Crippen LogP contribution in [0.2, 0.25) is 22.2 Å². The molecule has 0 bridgehead atoms. The van der Waals surface area contributed by atoms with E-state index in [1.165, 1.54) is 6.33 Å². The van der Waals surface area contributed by atoms with Gasteiger partial charge in [-0.15, -0.1) is 0 Å². The number of aliphatic hydroxyl groups excluding tert-OH is 1. The molecule has 0 aliphatic carbocycles. The molecule has 0 unspecified atom stereocenters. The molecule has 4 atom stereocenters. The monoisotopic (exact) mass is 614 g/mol. The highest BCUT2D eigenvalue weighted by atomic mass is 28.5. The van der Waals surface area contributed by atoms with Gasteiger partial charge in [0.2, 0.25) is 0 Å². The van der Waals surface area contributed by atoms with Gasteiger partial charge in [0, 0.05) is 5.56 Å². The third-order valence-electron chi connectivity index (χ3n) is 8.54. The molecule has 2 aliphatic heterocycles. The minimum atomic E-state index is -2.94. The van der Waals surface area contributed by atoms with E-state index in [1.54, 1.807) is 35.2 Å². The molecule has 4 heterocycles. The number of amides is 1. The molecule has 2 saturated heterocycles. The number of ether oxygens (including phenoxy) is 1. The fourth-order valence-electron chi connectivity index (χ4n) is 6.27. The van der Waals surface area contributed by atoms with Crippen molar-refractivity contribution in [2.24, 2.45) is 0 Å². The van der Waals surface area contributed by atoms with Crippen LogP contribution < -0.4 is 5.32 Å². The Bertz CT molecular complexity index is 1390. The minimum Gasteiger partial charge on any atom is -0.414 e. The van der Waals surface area contributed by atoms with E-state index in [2.05, 4.69) is 75.7 Å². The van der Waals surface area contributed by atoms with E-state index in [9.17, 15) is 9.90 Å². The first-order chi connectivity index (χ1) is 19.9. The van der Waals surface area contributed by atoms with Gasteiger partial charge in [-0.25, -0.2) is 15.0 Å². The second-order valence-corrected chi connectivity index (χ2v) is 21.3. The van der Waals surface area contributed by atoms with Gasteiger partial charge in [-0.1, -0.05) is 73.6 Å². The van der Waals surface area contributed by atoms with Crippen LogP contribution in [-0.2, 0) is 17.7 Å². The number of carbonyl (C=O) groups excluding carboxylic acids is 1. The van der Waals surface area contributed by atoms with Crippen LogP contribution in [0.15, 0.2) is 43.0 Å². The molecule has 1 aromatic carbocycles. The van der Waals surface area contributed by atoms with Crippen LogP contribution in [0.25, 0.3) is 11.2 Å². The van der Waals surface area contributed by atoms with Gasteiger partial charge in [0.1, 0.15) is 24.6 Å². The van der Waals surface area contributed by atoms with Gasteiger partial charge in [0.15, 0.2) is 23.2 Å². The molecule has 42 heavy (non-hydrogen) atoms. The first-order valence-corrected chi connectivity index (χ1v) is 18.7. The third kappa shape index (κ3) is 5.25. The first kappa shape index (κ1) is 30.9. The molecular weight excluding hydrogens is 572 g/mol. The summed E-state index contributed by atoms with van der Waals surface area (Å²) < 4.78 is 29.3. The lowest BCUT2D eigenvalue weighted by Gasteiger charge is -2.51. The van der Waals surface area contributed by atoms with Crippen LogP contribution >= 0.6 is 0 Å². The molecule has 3 aromatic rings. The Morgan fingerprint density at radius 1 is 0.952 bits per heavy atom. The maximum Gasteiger partial charge on any atom is 0.335 e. The fraction of sp³-hybridized carbons (Fsp3) is 0.586. The van der Waals surface area contributed by atoms with Gasteiger partial charge >= 0.3 is 17.1 Å². The van der Waals surface area contributed by atoms with Crippen LogP contribution in [0.4, 0.5) is 5.82 Å². The zero-order valence-electron chi connectivity index (χ0n) is 25.6. The van der Waals surface area contributed by atoms with E-state index in [-0.39, 0.29) is 40.5 Å². The quantitative estimate of drug-likeness (QED) is 0.269. The van der Waals surface area contributed by atoms with Crippen molar-refractivity contribution in [3.8, 4) is 0 Å². The number of benzene rings is 1. The van der Waals surface area contributed by atoms with Gasteiger partial charge in [-0.3, -0.25) is 9.36 Å². The highest BCUT2D eigenvalue weighted by molar-refractivity contribution is 6.84. The van der Waals surface area contributed by atoms with Crippen molar-refractivity contribution in [2.75, 3.05) is 11.9 Å². The van der Waals surface area contributed by atoms with E-state index in [0.717, 1.165) is 0 Å². The van der Waals surface area contributed by atoms with Gasteiger partial charge in [0.25, 0.3) is 5.91 Å². The SMILES string of the molecule is CC(C)[Si]1(C(C)C)O[13CH2][C@H]2O[C@@H](n3cnc4c(NC(=O)c5ccccc5)ncnc43)[C@H](O)[C@@H]2O[Si](C(C)C)(C(C)C)O1. The van der Waals surface area contributed by atoms with Crippen LogP contribution in [0.1, 0.15) is 72.0 Å². The highest BCUT2D eigenvalue weighted by Crippen LogP contribution is 2.48. The lowest BCUT2D eigenvalue weighted by Crippen LogP contribution is -2.65. The van der Waals surface area contributed by atoms with Gasteiger partial charge in [-0.05, 0) is 34.3 Å². The summed E-state index contributed by atoms with van der Waals surface area (Å²) in [7, 11) is -5.69. The molecule has 13 heteroatoms. The van der Waals surface area contributed by atoms with E-state index >= 15 is 0 Å². The van der Waals surface area contributed by atoms with Crippen molar-refractivity contribution >= 4 is 40.0 Å². The molecule has 11 nitrogen and oxygen atoms in total. The number of aromatic nitrogens is 4. The Labute approximate surface area is 249 Å². The molecule has 0 saturated carbocycles. The minimum absolute atomic E-state index is 0.119. The normalized spacial score (nSPS) is 25.6. The number of hydrogen-bond donors (Lipinski definition) is 2. The largest absolute Gasteiger partial charge is 0.414 e. The molecule has 0 spiro atoms. The van der Waals surface area contributed by atoms with Crippen molar-refractivity contribution in [1.29, 1.82) is 0 Å². The van der Waals surface area contributed by atoms with Crippen molar-refractivity contribution in [2.45, 2.75) is 102 Å². The molecule has 2 aliphatic rings. The van der Waals surface area contributed by atoms with E-state index in [0.29, 0.717) is 16.7 Å². The summed E-state index contributed by atoms with van der Waals surface area (Å²) in [5.74, 6) is -0.0345. The molecule has 0 radical (unpaired) electrons. The lowest BCUT2D eigenvalue weighted by atomic mass is 10.2. The fourth-order valence-corrected chi connectivity index (χ4v) is 17.5. The second-order valence-electron chi connectivity index (χ2n) is 12.5. The third-order valence-corrected chi connectivity index (χ3v) is 18.8. The maximum absolute atomic E-state index is 12.8. The Morgan fingerprint density at radius 2 is 1.60 bits per heavy atom. The lowest BCUT2D eigenvalue weighted by molar-refractivity contribution is -0.0570. The van der Waals surface area contributed by atoms with Gasteiger partial charge in [-0.2, -0.15) is 0 Å². The van der Waals surface area contributed by atoms with E-state index < -0.39 is 41.7 Å². The van der Waals surface area contributed by atoms with Gasteiger partial charge < -0.3 is 28.1 Å². The number of hydrogen-bond acceptors (Lipinski definition) is 9. The topological polar surface area (TPSA) is 130 Å². The number of rotatable bonds is 7. The van der Waals surface area contributed by atoms with E-state index in [4.69, 9.17) is 17.7 Å². The molecular formula is C29H43N5O6Si2. The van der Waals surface area contributed by atoms with Crippen LogP contribution in [0.5, 0.6) is 0 Å².